The van der Waals surface area contributed by atoms with E-state index >= 15 is 0 Å². The maximum absolute atomic E-state index is 13.6. The van der Waals surface area contributed by atoms with Gasteiger partial charge in [0.1, 0.15) is 23.4 Å². The summed E-state index contributed by atoms with van der Waals surface area (Å²) < 4.78 is 45.2. The van der Waals surface area contributed by atoms with E-state index in [0.29, 0.717) is 33.1 Å². The van der Waals surface area contributed by atoms with Gasteiger partial charge in [0.15, 0.2) is 0 Å². The topological polar surface area (TPSA) is 110 Å². The van der Waals surface area contributed by atoms with Crippen LogP contribution in [0.25, 0.3) is 11.3 Å². The second-order valence-corrected chi connectivity index (χ2v) is 11.6. The molecule has 37 heavy (non-hydrogen) atoms. The number of rotatable bonds is 8. The number of halogens is 2. The van der Waals surface area contributed by atoms with E-state index in [0.717, 1.165) is 17.3 Å². The van der Waals surface area contributed by atoms with Crippen molar-refractivity contribution in [1.82, 2.24) is 9.97 Å². The summed E-state index contributed by atoms with van der Waals surface area (Å²) in [6.07, 6.45) is 4.81. The molecule has 192 valence electrons. The first-order chi connectivity index (χ1) is 17.5. The number of ether oxygens (including phenoxy) is 1. The zero-order valence-electron chi connectivity index (χ0n) is 20.0. The first-order valence-electron chi connectivity index (χ1n) is 10.9. The van der Waals surface area contributed by atoms with Crippen LogP contribution in [0.4, 0.5) is 15.8 Å². The summed E-state index contributed by atoms with van der Waals surface area (Å²) in [5.74, 6) is -0.384. The average Bonchev–Trinajstić information content (AvgIpc) is 3.19. The van der Waals surface area contributed by atoms with E-state index in [4.69, 9.17) is 16.3 Å². The van der Waals surface area contributed by atoms with Crippen LogP contribution in [-0.4, -0.2) is 30.5 Å². The normalized spacial score (nSPS) is 12.1. The van der Waals surface area contributed by atoms with Crippen molar-refractivity contribution >= 4 is 50.2 Å². The summed E-state index contributed by atoms with van der Waals surface area (Å²) in [6.45, 7) is 3.65. The molecular formula is C25H22ClFN4O4S2. The SMILES string of the molecule is Cc1sc(C(=O)Nc2cc(Cl)cc(NS(C)(=O)=O)c2)cc1-c1ncccc1OC(C)c1cncc(F)c1. The molecule has 8 nitrogen and oxygen atoms in total. The van der Waals surface area contributed by atoms with E-state index in [1.54, 1.807) is 31.3 Å². The standard InChI is InChI=1S/C25H22ClFN4O4S2/c1-14(16-7-18(27)13-28-12-16)35-22-5-4-6-29-24(22)21-11-23(36-15(21)2)25(32)30-19-8-17(26)9-20(10-19)31-37(3,33)34/h4-14,31H,1-3H3,(H,30,32). The lowest BCUT2D eigenvalue weighted by molar-refractivity contribution is 0.103. The lowest BCUT2D eigenvalue weighted by Gasteiger charge is -2.17. The third kappa shape index (κ3) is 6.82. The molecule has 3 aromatic heterocycles. The van der Waals surface area contributed by atoms with Crippen LogP contribution in [-0.2, 0) is 10.0 Å². The van der Waals surface area contributed by atoms with Gasteiger partial charge >= 0.3 is 0 Å². The van der Waals surface area contributed by atoms with Gasteiger partial charge in [-0.3, -0.25) is 19.5 Å². The quantitative estimate of drug-likeness (QED) is 0.271. The van der Waals surface area contributed by atoms with Gasteiger partial charge in [-0.25, -0.2) is 12.8 Å². The van der Waals surface area contributed by atoms with Crippen molar-refractivity contribution < 1.29 is 22.3 Å². The van der Waals surface area contributed by atoms with Gasteiger partial charge in [-0.15, -0.1) is 11.3 Å². The van der Waals surface area contributed by atoms with Gasteiger partial charge in [0.2, 0.25) is 10.0 Å². The van der Waals surface area contributed by atoms with Crippen LogP contribution in [0, 0.1) is 12.7 Å². The van der Waals surface area contributed by atoms with E-state index in [9.17, 15) is 17.6 Å². The predicted octanol–water partition coefficient (Wildman–Crippen LogP) is 6.07. The average molecular weight is 561 g/mol. The van der Waals surface area contributed by atoms with Gasteiger partial charge in [0.25, 0.3) is 5.91 Å². The Morgan fingerprint density at radius 2 is 1.92 bits per heavy atom. The predicted molar refractivity (Wildman–Crippen MR) is 143 cm³/mol. The summed E-state index contributed by atoms with van der Waals surface area (Å²) in [7, 11) is -3.52. The molecule has 4 aromatic rings. The highest BCUT2D eigenvalue weighted by molar-refractivity contribution is 7.92. The van der Waals surface area contributed by atoms with Gasteiger partial charge in [0.05, 0.1) is 23.0 Å². The van der Waals surface area contributed by atoms with Gasteiger partial charge in [-0.1, -0.05) is 11.6 Å². The lowest BCUT2D eigenvalue weighted by Crippen LogP contribution is -2.12. The number of thiophene rings is 1. The maximum atomic E-state index is 13.6. The van der Waals surface area contributed by atoms with Crippen LogP contribution in [0.15, 0.2) is 61.1 Å². The Bertz CT molecular complexity index is 1580. The molecule has 2 N–H and O–H groups in total. The summed E-state index contributed by atoms with van der Waals surface area (Å²) >= 11 is 7.37. The summed E-state index contributed by atoms with van der Waals surface area (Å²) in [6, 6.07) is 11.0. The highest BCUT2D eigenvalue weighted by Gasteiger charge is 2.20. The molecule has 0 aliphatic heterocycles. The molecule has 0 bridgehead atoms. The Morgan fingerprint density at radius 1 is 1.16 bits per heavy atom. The van der Waals surface area contributed by atoms with Crippen molar-refractivity contribution in [2.75, 3.05) is 16.3 Å². The number of pyridine rings is 2. The molecule has 0 saturated carbocycles. The molecule has 0 radical (unpaired) electrons. The zero-order valence-corrected chi connectivity index (χ0v) is 22.3. The largest absolute Gasteiger partial charge is 0.484 e. The van der Waals surface area contributed by atoms with Crippen LogP contribution < -0.4 is 14.8 Å². The minimum absolute atomic E-state index is 0.228. The van der Waals surface area contributed by atoms with Gasteiger partial charge in [0, 0.05) is 39.1 Å². The van der Waals surface area contributed by atoms with E-state index in [-0.39, 0.29) is 10.7 Å². The Hall–Kier alpha value is -3.54. The number of aryl methyl sites for hydroxylation is 1. The van der Waals surface area contributed by atoms with E-state index < -0.39 is 27.9 Å². The van der Waals surface area contributed by atoms with Gasteiger partial charge < -0.3 is 10.1 Å². The van der Waals surface area contributed by atoms with Crippen molar-refractivity contribution in [3.63, 3.8) is 0 Å². The third-order valence-electron chi connectivity index (χ3n) is 5.13. The van der Waals surface area contributed by atoms with E-state index in [1.165, 1.54) is 41.8 Å². The van der Waals surface area contributed by atoms with Crippen LogP contribution in [0.3, 0.4) is 0 Å². The molecule has 12 heteroatoms. The number of hydrogen-bond donors (Lipinski definition) is 2. The lowest BCUT2D eigenvalue weighted by atomic mass is 10.1. The van der Waals surface area contributed by atoms with E-state index in [1.807, 2.05) is 6.92 Å². The number of nitrogens with zero attached hydrogens (tertiary/aromatic N) is 2. The molecule has 1 amide bonds. The van der Waals surface area contributed by atoms with E-state index in [2.05, 4.69) is 20.0 Å². The van der Waals surface area contributed by atoms with Gasteiger partial charge in [-0.05, 0) is 56.3 Å². The monoisotopic (exact) mass is 560 g/mol. The van der Waals surface area contributed by atoms with Crippen molar-refractivity contribution in [2.24, 2.45) is 0 Å². The Labute approximate surface area is 222 Å². The molecule has 1 atom stereocenters. The molecule has 0 spiro atoms. The minimum Gasteiger partial charge on any atom is -0.484 e. The number of sulfonamides is 1. The van der Waals surface area contributed by atoms with Crippen LogP contribution in [0.5, 0.6) is 5.75 Å². The minimum atomic E-state index is -3.52. The number of amides is 1. The highest BCUT2D eigenvalue weighted by atomic mass is 35.5. The molecule has 0 aliphatic carbocycles. The number of carbonyl (C=O) groups excluding carboxylic acids is 1. The Morgan fingerprint density at radius 3 is 2.65 bits per heavy atom. The highest BCUT2D eigenvalue weighted by Crippen LogP contribution is 2.37. The molecule has 4 rings (SSSR count). The fourth-order valence-corrected chi connectivity index (χ4v) is 5.25. The van der Waals surface area contributed by atoms with Crippen LogP contribution in [0.1, 0.15) is 33.1 Å². The summed E-state index contributed by atoms with van der Waals surface area (Å²) in [5, 5.41) is 3.00. The third-order valence-corrected chi connectivity index (χ3v) is 7.00. The molecule has 1 unspecified atom stereocenters. The van der Waals surface area contributed by atoms with Crippen LogP contribution >= 0.6 is 22.9 Å². The summed E-state index contributed by atoms with van der Waals surface area (Å²) in [4.78, 5) is 22.6. The fourth-order valence-electron chi connectivity index (χ4n) is 3.55. The fraction of sp³-hybridized carbons (Fsp3) is 0.160. The number of anilines is 2. The van der Waals surface area contributed by atoms with Crippen molar-refractivity contribution in [3.8, 4) is 17.0 Å². The van der Waals surface area contributed by atoms with Crippen molar-refractivity contribution in [1.29, 1.82) is 0 Å². The molecule has 3 heterocycles. The summed E-state index contributed by atoms with van der Waals surface area (Å²) in [5.41, 5.74) is 2.37. The number of nitrogens with one attached hydrogen (secondary N) is 2. The molecule has 0 fully saturated rings. The van der Waals surface area contributed by atoms with Crippen LogP contribution in [0.2, 0.25) is 5.02 Å². The first-order valence-corrected chi connectivity index (χ1v) is 14.0. The number of carbonyl (C=O) groups is 1. The second kappa shape index (κ2) is 10.8. The zero-order chi connectivity index (χ0) is 26.7. The smallest absolute Gasteiger partial charge is 0.265 e. The molecular weight excluding hydrogens is 539 g/mol. The van der Waals surface area contributed by atoms with Gasteiger partial charge in [-0.2, -0.15) is 0 Å². The molecule has 0 saturated heterocycles. The molecule has 1 aromatic carbocycles. The first kappa shape index (κ1) is 26.5. The molecule has 0 aliphatic rings. The second-order valence-electron chi connectivity index (χ2n) is 8.18. The Balaban J connectivity index is 1.58. The van der Waals surface area contributed by atoms with Crippen molar-refractivity contribution in [3.05, 3.63) is 87.2 Å². The maximum Gasteiger partial charge on any atom is 0.265 e. The number of hydrogen-bond acceptors (Lipinski definition) is 7. The van der Waals surface area contributed by atoms with Crippen molar-refractivity contribution in [2.45, 2.75) is 20.0 Å². The number of aromatic nitrogens is 2. The Kier molecular flexibility index (Phi) is 7.76. The number of benzene rings is 1.